The Labute approximate surface area is 205 Å². The molecule has 1 fully saturated rings. The second-order valence-electron chi connectivity index (χ2n) is 7.20. The molecule has 3 rings (SSSR count). The number of aliphatic imine (C=N–C) groups is 1. The van der Waals surface area contributed by atoms with Gasteiger partial charge in [0.15, 0.2) is 5.96 Å². The summed E-state index contributed by atoms with van der Waals surface area (Å²) in [5, 5.41) is 6.70. The number of benzene rings is 2. The van der Waals surface area contributed by atoms with E-state index in [0.29, 0.717) is 19.5 Å². The number of amides is 1. The Morgan fingerprint density at radius 3 is 2.55 bits per heavy atom. The number of nitrogens with zero attached hydrogens (tertiary/aromatic N) is 2. The van der Waals surface area contributed by atoms with Crippen molar-refractivity contribution in [3.63, 3.8) is 0 Å². The molecule has 8 heteroatoms. The Morgan fingerprint density at radius 1 is 1.13 bits per heavy atom. The number of rotatable bonds is 9. The topological polar surface area (TPSA) is 56.7 Å². The van der Waals surface area contributed by atoms with Crippen LogP contribution in [0.3, 0.4) is 0 Å². The van der Waals surface area contributed by atoms with Crippen molar-refractivity contribution >= 4 is 47.6 Å². The van der Waals surface area contributed by atoms with Crippen LogP contribution in [-0.4, -0.2) is 42.7 Å². The molecule has 0 aromatic heterocycles. The zero-order valence-corrected chi connectivity index (χ0v) is 20.9. The van der Waals surface area contributed by atoms with Crippen LogP contribution < -0.4 is 10.6 Å². The predicted molar refractivity (Wildman–Crippen MR) is 136 cm³/mol. The first-order valence-corrected chi connectivity index (χ1v) is 11.3. The lowest BCUT2D eigenvalue weighted by Gasteiger charge is -2.19. The number of hydrogen-bond donors (Lipinski definition) is 2. The quantitative estimate of drug-likeness (QED) is 0.158. The zero-order valence-electron chi connectivity index (χ0n) is 17.8. The van der Waals surface area contributed by atoms with Crippen molar-refractivity contribution in [2.75, 3.05) is 25.9 Å². The summed E-state index contributed by atoms with van der Waals surface area (Å²) in [4.78, 5) is 19.2. The molecule has 0 spiro atoms. The van der Waals surface area contributed by atoms with Gasteiger partial charge < -0.3 is 15.5 Å². The number of carbonyl (C=O) groups is 1. The first-order chi connectivity index (χ1) is 14.7. The number of likely N-dealkylation sites (tertiary alicyclic amines) is 1. The Hall–Kier alpha value is -1.81. The van der Waals surface area contributed by atoms with Crippen LogP contribution in [0.5, 0.6) is 0 Å². The van der Waals surface area contributed by atoms with Gasteiger partial charge in [0, 0.05) is 44.5 Å². The van der Waals surface area contributed by atoms with Crippen molar-refractivity contribution in [2.45, 2.75) is 37.2 Å². The van der Waals surface area contributed by atoms with E-state index in [0.717, 1.165) is 42.5 Å². The maximum Gasteiger partial charge on any atom is 0.222 e. The van der Waals surface area contributed by atoms with Gasteiger partial charge in [-0.25, -0.2) is 4.39 Å². The Balaban J connectivity index is 0.00000341. The molecule has 0 bridgehead atoms. The summed E-state index contributed by atoms with van der Waals surface area (Å²) < 4.78 is 12.9. The number of guanidine groups is 1. The van der Waals surface area contributed by atoms with E-state index in [-0.39, 0.29) is 35.7 Å². The van der Waals surface area contributed by atoms with Crippen LogP contribution in [0.2, 0.25) is 0 Å². The molecule has 1 aliphatic rings. The zero-order chi connectivity index (χ0) is 21.2. The Kier molecular flexibility index (Phi) is 11.1. The molecule has 5 nitrogen and oxygen atoms in total. The smallest absolute Gasteiger partial charge is 0.222 e. The normalized spacial score (nSPS) is 13.8. The third-order valence-electron chi connectivity index (χ3n) is 5.02. The number of hydrogen-bond acceptors (Lipinski definition) is 3. The molecule has 0 atom stereocenters. The van der Waals surface area contributed by atoms with Crippen LogP contribution in [0, 0.1) is 5.82 Å². The van der Waals surface area contributed by atoms with E-state index >= 15 is 0 Å². The molecule has 0 unspecified atom stereocenters. The number of carbonyl (C=O) groups excluding carboxylic acids is 1. The van der Waals surface area contributed by atoms with E-state index < -0.39 is 0 Å². The lowest BCUT2D eigenvalue weighted by Crippen LogP contribution is -2.37. The van der Waals surface area contributed by atoms with E-state index in [9.17, 15) is 9.18 Å². The lowest BCUT2D eigenvalue weighted by molar-refractivity contribution is -0.128. The van der Waals surface area contributed by atoms with E-state index in [1.807, 2.05) is 17.0 Å². The van der Waals surface area contributed by atoms with Gasteiger partial charge in [0.05, 0.1) is 0 Å². The second kappa shape index (κ2) is 13.6. The summed E-state index contributed by atoms with van der Waals surface area (Å²) in [5.41, 5.74) is 2.35. The minimum Gasteiger partial charge on any atom is -0.356 e. The largest absolute Gasteiger partial charge is 0.356 e. The van der Waals surface area contributed by atoms with Gasteiger partial charge in [0.2, 0.25) is 5.91 Å². The van der Waals surface area contributed by atoms with Crippen LogP contribution in [0.25, 0.3) is 0 Å². The van der Waals surface area contributed by atoms with Crippen LogP contribution in [0.4, 0.5) is 4.39 Å². The first-order valence-electron chi connectivity index (χ1n) is 10.3. The summed E-state index contributed by atoms with van der Waals surface area (Å²) in [6, 6.07) is 14.8. The summed E-state index contributed by atoms with van der Waals surface area (Å²) in [7, 11) is 1.76. The molecule has 0 radical (unpaired) electrons. The standard InChI is InChI=1S/C23H29FN4OS.HI/c1-25-23(26-13-5-15-30-21-11-9-20(24)10-12-21)27-16-18-6-2-3-7-19(18)17-28-14-4-8-22(28)29;/h2-3,6-7,9-12H,4-5,8,13-17H2,1H3,(H2,25,26,27);1H. The van der Waals surface area contributed by atoms with Gasteiger partial charge in [-0.2, -0.15) is 0 Å². The average molecular weight is 556 g/mol. The third-order valence-corrected chi connectivity index (χ3v) is 6.12. The fourth-order valence-electron chi connectivity index (χ4n) is 3.36. The van der Waals surface area contributed by atoms with Gasteiger partial charge in [-0.05, 0) is 54.0 Å². The van der Waals surface area contributed by atoms with Crippen molar-refractivity contribution in [1.29, 1.82) is 0 Å². The SMILES string of the molecule is CN=C(NCCCSc1ccc(F)cc1)NCc1ccccc1CN1CCCC1=O.I. The molecule has 0 saturated carbocycles. The Morgan fingerprint density at radius 2 is 1.87 bits per heavy atom. The maximum absolute atomic E-state index is 12.9. The number of halogens is 2. The summed E-state index contributed by atoms with van der Waals surface area (Å²) in [6.07, 6.45) is 2.59. The molecular formula is C23H30FIN4OS. The lowest BCUT2D eigenvalue weighted by atomic mass is 10.1. The molecular weight excluding hydrogens is 526 g/mol. The number of thioether (sulfide) groups is 1. The van der Waals surface area contributed by atoms with Crippen molar-refractivity contribution < 1.29 is 9.18 Å². The number of nitrogens with one attached hydrogen (secondary N) is 2. The highest BCUT2D eigenvalue weighted by Crippen LogP contribution is 2.19. The molecule has 1 saturated heterocycles. The molecule has 2 N–H and O–H groups in total. The van der Waals surface area contributed by atoms with Crippen LogP contribution in [-0.2, 0) is 17.9 Å². The summed E-state index contributed by atoms with van der Waals surface area (Å²) in [6.45, 7) is 2.98. The van der Waals surface area contributed by atoms with Gasteiger partial charge in [-0.3, -0.25) is 9.79 Å². The molecule has 2 aromatic carbocycles. The van der Waals surface area contributed by atoms with Crippen LogP contribution in [0.1, 0.15) is 30.4 Å². The predicted octanol–water partition coefficient (Wildman–Crippen LogP) is 4.41. The Bertz CT molecular complexity index is 863. The highest BCUT2D eigenvalue weighted by Gasteiger charge is 2.20. The van der Waals surface area contributed by atoms with Gasteiger partial charge >= 0.3 is 0 Å². The molecule has 0 aliphatic carbocycles. The summed E-state index contributed by atoms with van der Waals surface area (Å²) in [5.74, 6) is 1.74. The fraction of sp³-hybridized carbons (Fsp3) is 0.391. The highest BCUT2D eigenvalue weighted by molar-refractivity contribution is 14.0. The molecule has 31 heavy (non-hydrogen) atoms. The molecule has 1 amide bonds. The van der Waals surface area contributed by atoms with Crippen LogP contribution in [0.15, 0.2) is 58.4 Å². The second-order valence-corrected chi connectivity index (χ2v) is 8.36. The van der Waals surface area contributed by atoms with Gasteiger partial charge in [-0.15, -0.1) is 35.7 Å². The van der Waals surface area contributed by atoms with E-state index in [1.54, 1.807) is 30.9 Å². The van der Waals surface area contributed by atoms with Gasteiger partial charge in [0.1, 0.15) is 5.82 Å². The van der Waals surface area contributed by atoms with Crippen molar-refractivity contribution in [2.24, 2.45) is 4.99 Å². The minimum absolute atomic E-state index is 0. The van der Waals surface area contributed by atoms with E-state index in [4.69, 9.17) is 0 Å². The highest BCUT2D eigenvalue weighted by atomic mass is 127. The van der Waals surface area contributed by atoms with Gasteiger partial charge in [0.25, 0.3) is 0 Å². The minimum atomic E-state index is -0.204. The van der Waals surface area contributed by atoms with Gasteiger partial charge in [-0.1, -0.05) is 24.3 Å². The average Bonchev–Trinajstić information content (AvgIpc) is 3.16. The fourth-order valence-corrected chi connectivity index (χ4v) is 4.21. The van der Waals surface area contributed by atoms with E-state index in [1.165, 1.54) is 23.3 Å². The molecule has 168 valence electrons. The third kappa shape index (κ3) is 8.33. The summed E-state index contributed by atoms with van der Waals surface area (Å²) >= 11 is 1.72. The van der Waals surface area contributed by atoms with Crippen LogP contribution >= 0.6 is 35.7 Å². The molecule has 1 heterocycles. The monoisotopic (exact) mass is 556 g/mol. The van der Waals surface area contributed by atoms with E-state index in [2.05, 4.69) is 27.8 Å². The maximum atomic E-state index is 12.9. The van der Waals surface area contributed by atoms with Crippen molar-refractivity contribution in [1.82, 2.24) is 15.5 Å². The van der Waals surface area contributed by atoms with Crippen molar-refractivity contribution in [3.05, 3.63) is 65.5 Å². The molecule has 1 aliphatic heterocycles. The van der Waals surface area contributed by atoms with Crippen molar-refractivity contribution in [3.8, 4) is 0 Å². The first kappa shape index (κ1) is 25.5. The molecule has 2 aromatic rings.